The highest BCUT2D eigenvalue weighted by Gasteiger charge is 2.16. The molecule has 2 N–H and O–H groups in total. The lowest BCUT2D eigenvalue weighted by atomic mass is 10.0. The van der Waals surface area contributed by atoms with Crippen molar-refractivity contribution in [3.8, 4) is 11.1 Å². The number of aromatic amines is 1. The Balaban J connectivity index is 1.67. The number of nitrogens with zero attached hydrogens (tertiary/aromatic N) is 2. The van der Waals surface area contributed by atoms with Crippen LogP contribution in [0.15, 0.2) is 42.6 Å². The molecule has 5 nitrogen and oxygen atoms in total. The summed E-state index contributed by atoms with van der Waals surface area (Å²) in [6.07, 6.45) is 1.50. The molecule has 134 valence electrons. The maximum atomic E-state index is 11.4. The van der Waals surface area contributed by atoms with Gasteiger partial charge in [-0.1, -0.05) is 23.7 Å². The van der Waals surface area contributed by atoms with Gasteiger partial charge in [0, 0.05) is 54.5 Å². The summed E-state index contributed by atoms with van der Waals surface area (Å²) >= 11 is 6.45. The zero-order valence-corrected chi connectivity index (χ0v) is 15.3. The molecular formula is C20H20ClN3O2. The maximum Gasteiger partial charge on any atom is 0.337 e. The van der Waals surface area contributed by atoms with E-state index in [0.717, 1.165) is 42.8 Å². The number of fused-ring (bicyclic) bond motifs is 1. The van der Waals surface area contributed by atoms with Gasteiger partial charge in [-0.15, -0.1) is 0 Å². The first-order valence-electron chi connectivity index (χ1n) is 8.61. The molecular weight excluding hydrogens is 350 g/mol. The molecule has 0 atom stereocenters. The van der Waals surface area contributed by atoms with Crippen molar-refractivity contribution in [3.63, 3.8) is 0 Å². The molecule has 0 spiro atoms. The number of benzene rings is 2. The number of carboxylic acid groups (broad SMARTS) is 1. The fourth-order valence-electron chi connectivity index (χ4n) is 3.46. The van der Waals surface area contributed by atoms with Gasteiger partial charge in [0.05, 0.1) is 10.6 Å². The van der Waals surface area contributed by atoms with Gasteiger partial charge in [-0.3, -0.25) is 0 Å². The van der Waals surface area contributed by atoms with Crippen molar-refractivity contribution in [2.45, 2.75) is 0 Å². The summed E-state index contributed by atoms with van der Waals surface area (Å²) in [4.78, 5) is 19.1. The van der Waals surface area contributed by atoms with Crippen LogP contribution in [0.5, 0.6) is 0 Å². The Hall–Kier alpha value is -2.50. The molecule has 1 aromatic heterocycles. The number of hydrogen-bond donors (Lipinski definition) is 2. The highest BCUT2D eigenvalue weighted by atomic mass is 35.5. The molecule has 6 heteroatoms. The fraction of sp³-hybridized carbons (Fsp3) is 0.250. The van der Waals surface area contributed by atoms with E-state index in [1.54, 1.807) is 6.07 Å². The Bertz CT molecular complexity index is 957. The van der Waals surface area contributed by atoms with E-state index in [9.17, 15) is 9.90 Å². The summed E-state index contributed by atoms with van der Waals surface area (Å²) in [6, 6.07) is 11.9. The molecule has 0 unspecified atom stereocenters. The number of aromatic carboxylic acids is 1. The predicted molar refractivity (Wildman–Crippen MR) is 105 cm³/mol. The van der Waals surface area contributed by atoms with E-state index in [1.807, 2.05) is 18.2 Å². The van der Waals surface area contributed by atoms with E-state index in [0.29, 0.717) is 10.4 Å². The molecule has 2 heterocycles. The maximum absolute atomic E-state index is 11.4. The molecule has 1 aliphatic rings. The van der Waals surface area contributed by atoms with E-state index in [-0.39, 0.29) is 5.56 Å². The van der Waals surface area contributed by atoms with E-state index in [2.05, 4.69) is 34.0 Å². The van der Waals surface area contributed by atoms with Crippen LogP contribution in [0.1, 0.15) is 10.4 Å². The Morgan fingerprint density at radius 2 is 1.81 bits per heavy atom. The SMILES string of the molecule is CN1CCN(c2ccc(-c3cc4c(C(=O)O)c[nH]c4cc3Cl)cc2)CC1. The van der Waals surface area contributed by atoms with Crippen LogP contribution >= 0.6 is 11.6 Å². The molecule has 0 radical (unpaired) electrons. The van der Waals surface area contributed by atoms with Crippen molar-refractivity contribution in [1.82, 2.24) is 9.88 Å². The molecule has 2 aromatic carbocycles. The number of hydrogen-bond acceptors (Lipinski definition) is 3. The van der Waals surface area contributed by atoms with Crippen LogP contribution in [-0.2, 0) is 0 Å². The molecule has 0 bridgehead atoms. The van der Waals surface area contributed by atoms with E-state index in [4.69, 9.17) is 11.6 Å². The normalized spacial score (nSPS) is 15.5. The fourth-order valence-corrected chi connectivity index (χ4v) is 3.73. The van der Waals surface area contributed by atoms with Gasteiger partial charge in [0.2, 0.25) is 0 Å². The van der Waals surface area contributed by atoms with Crippen LogP contribution in [0, 0.1) is 0 Å². The van der Waals surface area contributed by atoms with Crippen molar-refractivity contribution >= 4 is 34.2 Å². The predicted octanol–water partition coefficient (Wildman–Crippen LogP) is 3.94. The third-order valence-electron chi connectivity index (χ3n) is 5.05. The molecule has 0 amide bonds. The first-order valence-corrected chi connectivity index (χ1v) is 8.98. The number of halogens is 1. The van der Waals surface area contributed by atoms with Crippen LogP contribution in [0.2, 0.25) is 5.02 Å². The molecule has 0 saturated carbocycles. The molecule has 1 fully saturated rings. The average molecular weight is 370 g/mol. The number of carbonyl (C=O) groups is 1. The minimum absolute atomic E-state index is 0.256. The summed E-state index contributed by atoms with van der Waals surface area (Å²) in [5.74, 6) is -0.949. The largest absolute Gasteiger partial charge is 0.478 e. The van der Waals surface area contributed by atoms with Gasteiger partial charge >= 0.3 is 5.97 Å². The van der Waals surface area contributed by atoms with Gasteiger partial charge in [0.1, 0.15) is 0 Å². The standard InChI is InChI=1S/C20H20ClN3O2/c1-23-6-8-24(9-7-23)14-4-2-13(3-5-14)15-10-16-17(20(25)26)12-22-19(16)11-18(15)21/h2-5,10-12,22H,6-9H2,1H3,(H,25,26). The lowest BCUT2D eigenvalue weighted by molar-refractivity contribution is 0.0699. The summed E-state index contributed by atoms with van der Waals surface area (Å²) in [7, 11) is 2.14. The highest BCUT2D eigenvalue weighted by Crippen LogP contribution is 2.34. The average Bonchev–Trinajstić information content (AvgIpc) is 3.05. The monoisotopic (exact) mass is 369 g/mol. The molecule has 4 rings (SSSR count). The molecule has 26 heavy (non-hydrogen) atoms. The number of nitrogens with one attached hydrogen (secondary N) is 1. The quantitative estimate of drug-likeness (QED) is 0.734. The van der Waals surface area contributed by atoms with Crippen molar-refractivity contribution in [1.29, 1.82) is 0 Å². The first kappa shape index (κ1) is 16.9. The Labute approximate surface area is 156 Å². The van der Waals surface area contributed by atoms with Crippen LogP contribution < -0.4 is 4.90 Å². The summed E-state index contributed by atoms with van der Waals surface area (Å²) in [5.41, 5.74) is 4.00. The second-order valence-corrected chi connectivity index (χ2v) is 7.13. The zero-order valence-electron chi connectivity index (χ0n) is 14.5. The first-order chi connectivity index (χ1) is 12.5. The Morgan fingerprint density at radius 3 is 2.46 bits per heavy atom. The topological polar surface area (TPSA) is 59.6 Å². The van der Waals surface area contributed by atoms with E-state index in [1.165, 1.54) is 11.9 Å². The number of aromatic nitrogens is 1. The Kier molecular flexibility index (Phi) is 4.34. The highest BCUT2D eigenvalue weighted by molar-refractivity contribution is 6.34. The number of rotatable bonds is 3. The van der Waals surface area contributed by atoms with Gasteiger partial charge in [-0.05, 0) is 36.9 Å². The molecule has 3 aromatic rings. The number of H-pyrrole nitrogens is 1. The minimum atomic E-state index is -0.949. The van der Waals surface area contributed by atoms with Crippen molar-refractivity contribution in [3.05, 3.63) is 53.2 Å². The van der Waals surface area contributed by atoms with Crippen LogP contribution in [0.25, 0.3) is 22.0 Å². The van der Waals surface area contributed by atoms with Crippen LogP contribution in [0.4, 0.5) is 5.69 Å². The third kappa shape index (κ3) is 3.04. The summed E-state index contributed by atoms with van der Waals surface area (Å²) < 4.78 is 0. The van der Waals surface area contributed by atoms with E-state index < -0.39 is 5.97 Å². The summed E-state index contributed by atoms with van der Waals surface area (Å²) in [6.45, 7) is 4.17. The second-order valence-electron chi connectivity index (χ2n) is 6.72. The number of anilines is 1. The van der Waals surface area contributed by atoms with Gasteiger partial charge in [0.15, 0.2) is 0 Å². The van der Waals surface area contributed by atoms with E-state index >= 15 is 0 Å². The van der Waals surface area contributed by atoms with Crippen molar-refractivity contribution in [2.24, 2.45) is 0 Å². The third-order valence-corrected chi connectivity index (χ3v) is 5.36. The molecule has 1 saturated heterocycles. The van der Waals surface area contributed by atoms with Crippen LogP contribution in [0.3, 0.4) is 0 Å². The zero-order chi connectivity index (χ0) is 18.3. The summed E-state index contributed by atoms with van der Waals surface area (Å²) in [5, 5.41) is 10.6. The minimum Gasteiger partial charge on any atom is -0.478 e. The van der Waals surface area contributed by atoms with Gasteiger partial charge < -0.3 is 19.9 Å². The number of carboxylic acids is 1. The molecule has 0 aliphatic carbocycles. The number of likely N-dealkylation sites (N-methyl/N-ethyl adjacent to an activating group) is 1. The number of piperazine rings is 1. The van der Waals surface area contributed by atoms with Crippen LogP contribution in [-0.4, -0.2) is 54.2 Å². The molecule has 1 aliphatic heterocycles. The van der Waals surface area contributed by atoms with Crippen molar-refractivity contribution in [2.75, 3.05) is 38.1 Å². The van der Waals surface area contributed by atoms with Crippen molar-refractivity contribution < 1.29 is 9.90 Å². The lowest BCUT2D eigenvalue weighted by Gasteiger charge is -2.34. The van der Waals surface area contributed by atoms with Gasteiger partial charge in [0.25, 0.3) is 0 Å². The Morgan fingerprint density at radius 1 is 1.12 bits per heavy atom. The second kappa shape index (κ2) is 6.67. The smallest absolute Gasteiger partial charge is 0.337 e. The van der Waals surface area contributed by atoms with Gasteiger partial charge in [-0.25, -0.2) is 4.79 Å². The lowest BCUT2D eigenvalue weighted by Crippen LogP contribution is -2.44. The van der Waals surface area contributed by atoms with Gasteiger partial charge in [-0.2, -0.15) is 0 Å².